The Morgan fingerprint density at radius 1 is 1.44 bits per heavy atom. The van der Waals surface area contributed by atoms with Crippen molar-refractivity contribution in [3.8, 4) is 0 Å². The van der Waals surface area contributed by atoms with Crippen LogP contribution >= 0.6 is 11.6 Å². The fourth-order valence-electron chi connectivity index (χ4n) is 1.24. The van der Waals surface area contributed by atoms with Gasteiger partial charge in [-0.25, -0.2) is 18.4 Å². The van der Waals surface area contributed by atoms with Crippen LogP contribution in [-0.4, -0.2) is 29.5 Å². The van der Waals surface area contributed by atoms with Gasteiger partial charge in [0.1, 0.15) is 6.33 Å². The van der Waals surface area contributed by atoms with E-state index in [0.717, 1.165) is 5.69 Å². The van der Waals surface area contributed by atoms with Crippen LogP contribution in [0.1, 0.15) is 26.0 Å². The van der Waals surface area contributed by atoms with Crippen molar-refractivity contribution in [3.05, 3.63) is 18.1 Å². The third-order valence-corrected chi connectivity index (χ3v) is 4.72. The molecule has 1 unspecified atom stereocenters. The minimum absolute atomic E-state index is 0.0944. The second-order valence-electron chi connectivity index (χ2n) is 3.53. The lowest BCUT2D eigenvalue weighted by Crippen LogP contribution is -2.20. The number of halogens is 1. The summed E-state index contributed by atoms with van der Waals surface area (Å²) in [5.41, 5.74) is 0.728. The van der Waals surface area contributed by atoms with Crippen molar-refractivity contribution in [2.75, 3.05) is 5.88 Å². The van der Waals surface area contributed by atoms with Crippen molar-refractivity contribution in [1.82, 2.24) is 9.97 Å². The molecule has 0 aliphatic rings. The quantitative estimate of drug-likeness (QED) is 0.600. The number of hydrogen-bond acceptors (Lipinski definition) is 4. The maximum absolute atomic E-state index is 12.0. The van der Waals surface area contributed by atoms with Gasteiger partial charge in [-0.05, 0) is 25.8 Å². The molecule has 0 saturated carbocycles. The Bertz CT molecular complexity index is 448. The number of sulfone groups is 1. The molecule has 1 heterocycles. The van der Waals surface area contributed by atoms with Gasteiger partial charge in [-0.15, -0.1) is 11.6 Å². The normalized spacial score (nSPS) is 13.7. The molecule has 0 aliphatic carbocycles. The van der Waals surface area contributed by atoms with Crippen LogP contribution in [0.3, 0.4) is 0 Å². The summed E-state index contributed by atoms with van der Waals surface area (Å²) in [4.78, 5) is 7.80. The van der Waals surface area contributed by atoms with Crippen LogP contribution in [-0.2, 0) is 16.3 Å². The standard InChI is InChI=1S/C10H15ClN2O2S/c1-3-9-6-10(13-7-12-9)16(14,15)8(2)4-5-11/h6-8H,3-5H2,1-2H3. The van der Waals surface area contributed by atoms with Crippen molar-refractivity contribution in [2.45, 2.75) is 37.0 Å². The van der Waals surface area contributed by atoms with E-state index < -0.39 is 15.1 Å². The van der Waals surface area contributed by atoms with E-state index in [9.17, 15) is 8.42 Å². The first-order chi connectivity index (χ1) is 7.52. The highest BCUT2D eigenvalue weighted by molar-refractivity contribution is 7.92. The Kier molecular flexibility index (Phi) is 4.68. The molecule has 16 heavy (non-hydrogen) atoms. The molecular weight excluding hydrogens is 248 g/mol. The zero-order chi connectivity index (χ0) is 12.2. The van der Waals surface area contributed by atoms with E-state index in [-0.39, 0.29) is 5.03 Å². The van der Waals surface area contributed by atoms with Crippen LogP contribution in [0, 0.1) is 0 Å². The van der Waals surface area contributed by atoms with Crippen molar-refractivity contribution in [3.63, 3.8) is 0 Å². The number of rotatable bonds is 5. The lowest BCUT2D eigenvalue weighted by molar-refractivity contribution is 0.576. The molecule has 0 radical (unpaired) electrons. The Labute approximate surface area is 101 Å². The molecule has 6 heteroatoms. The predicted molar refractivity (Wildman–Crippen MR) is 63.4 cm³/mol. The Hall–Kier alpha value is -0.680. The Morgan fingerprint density at radius 2 is 2.12 bits per heavy atom. The van der Waals surface area contributed by atoms with Crippen LogP contribution in [0.4, 0.5) is 0 Å². The summed E-state index contributed by atoms with van der Waals surface area (Å²) >= 11 is 5.55. The second-order valence-corrected chi connectivity index (χ2v) is 6.23. The average Bonchev–Trinajstić information content (AvgIpc) is 2.29. The van der Waals surface area contributed by atoms with Crippen LogP contribution in [0.2, 0.25) is 0 Å². The highest BCUT2D eigenvalue weighted by Crippen LogP contribution is 2.16. The van der Waals surface area contributed by atoms with E-state index in [1.807, 2.05) is 6.92 Å². The van der Waals surface area contributed by atoms with E-state index in [4.69, 9.17) is 11.6 Å². The molecule has 0 aromatic carbocycles. The van der Waals surface area contributed by atoms with Crippen LogP contribution < -0.4 is 0 Å². The lowest BCUT2D eigenvalue weighted by Gasteiger charge is -2.10. The zero-order valence-corrected chi connectivity index (χ0v) is 10.9. The van der Waals surface area contributed by atoms with Gasteiger partial charge in [-0.3, -0.25) is 0 Å². The summed E-state index contributed by atoms with van der Waals surface area (Å²) in [5.74, 6) is 0.326. The van der Waals surface area contributed by atoms with Crippen molar-refractivity contribution in [2.24, 2.45) is 0 Å². The number of aromatic nitrogens is 2. The fourth-order valence-corrected chi connectivity index (χ4v) is 3.03. The third-order valence-electron chi connectivity index (χ3n) is 2.40. The average molecular weight is 263 g/mol. The number of alkyl halides is 1. The van der Waals surface area contributed by atoms with Gasteiger partial charge in [-0.1, -0.05) is 6.92 Å². The molecule has 1 aromatic rings. The molecule has 0 bridgehead atoms. The van der Waals surface area contributed by atoms with Gasteiger partial charge < -0.3 is 0 Å². The van der Waals surface area contributed by atoms with E-state index in [2.05, 4.69) is 9.97 Å². The van der Waals surface area contributed by atoms with E-state index in [0.29, 0.717) is 18.7 Å². The molecule has 1 rings (SSSR count). The van der Waals surface area contributed by atoms with Gasteiger partial charge in [-0.2, -0.15) is 0 Å². The summed E-state index contributed by atoms with van der Waals surface area (Å²) in [7, 11) is -3.37. The van der Waals surface area contributed by atoms with Crippen molar-refractivity contribution < 1.29 is 8.42 Å². The topological polar surface area (TPSA) is 59.9 Å². The predicted octanol–water partition coefficient (Wildman–Crippen LogP) is 1.83. The maximum atomic E-state index is 12.0. The first kappa shape index (κ1) is 13.4. The summed E-state index contributed by atoms with van der Waals surface area (Å²) in [6.45, 7) is 3.56. The maximum Gasteiger partial charge on any atom is 0.198 e. The van der Waals surface area contributed by atoms with Gasteiger partial charge in [0, 0.05) is 11.6 Å². The minimum Gasteiger partial charge on any atom is -0.241 e. The first-order valence-corrected chi connectivity index (χ1v) is 7.21. The van der Waals surface area contributed by atoms with Gasteiger partial charge in [0.2, 0.25) is 0 Å². The molecule has 0 spiro atoms. The molecule has 1 atom stereocenters. The number of nitrogens with zero attached hydrogens (tertiary/aromatic N) is 2. The van der Waals surface area contributed by atoms with Crippen LogP contribution in [0.15, 0.2) is 17.4 Å². The number of hydrogen-bond donors (Lipinski definition) is 0. The van der Waals surface area contributed by atoms with Gasteiger partial charge in [0.15, 0.2) is 14.9 Å². The second kappa shape index (κ2) is 5.59. The largest absolute Gasteiger partial charge is 0.241 e. The monoisotopic (exact) mass is 262 g/mol. The zero-order valence-electron chi connectivity index (χ0n) is 9.35. The molecular formula is C10H15ClN2O2S. The van der Waals surface area contributed by atoms with Crippen molar-refractivity contribution in [1.29, 1.82) is 0 Å². The lowest BCUT2D eigenvalue weighted by atomic mass is 10.3. The van der Waals surface area contributed by atoms with E-state index in [1.54, 1.807) is 6.92 Å². The molecule has 0 fully saturated rings. The molecule has 0 amide bonds. The number of aryl methyl sites for hydroxylation is 1. The summed E-state index contributed by atoms with van der Waals surface area (Å²) in [6, 6.07) is 1.53. The highest BCUT2D eigenvalue weighted by Gasteiger charge is 2.24. The van der Waals surface area contributed by atoms with Crippen LogP contribution in [0.5, 0.6) is 0 Å². The van der Waals surface area contributed by atoms with Crippen LogP contribution in [0.25, 0.3) is 0 Å². The van der Waals surface area contributed by atoms with Gasteiger partial charge in [0.05, 0.1) is 5.25 Å². The molecule has 0 saturated heterocycles. The summed E-state index contributed by atoms with van der Waals surface area (Å²) in [5, 5.41) is -0.415. The van der Waals surface area contributed by atoms with Crippen molar-refractivity contribution >= 4 is 21.4 Å². The molecule has 0 aliphatic heterocycles. The van der Waals surface area contributed by atoms with Gasteiger partial charge >= 0.3 is 0 Å². The Balaban J connectivity index is 3.06. The third kappa shape index (κ3) is 2.92. The highest BCUT2D eigenvalue weighted by atomic mass is 35.5. The molecule has 4 nitrogen and oxygen atoms in total. The Morgan fingerprint density at radius 3 is 2.69 bits per heavy atom. The summed E-state index contributed by atoms with van der Waals surface area (Å²) in [6.07, 6.45) is 2.41. The summed E-state index contributed by atoms with van der Waals surface area (Å²) < 4.78 is 24.1. The smallest absolute Gasteiger partial charge is 0.198 e. The first-order valence-electron chi connectivity index (χ1n) is 5.13. The minimum atomic E-state index is -3.37. The fraction of sp³-hybridized carbons (Fsp3) is 0.600. The van der Waals surface area contributed by atoms with E-state index >= 15 is 0 Å². The van der Waals surface area contributed by atoms with E-state index in [1.165, 1.54) is 12.4 Å². The van der Waals surface area contributed by atoms with Gasteiger partial charge in [0.25, 0.3) is 0 Å². The molecule has 0 N–H and O–H groups in total. The molecule has 90 valence electrons. The molecule has 1 aromatic heterocycles. The SMILES string of the molecule is CCc1cc(S(=O)(=O)C(C)CCCl)ncn1.